The Kier molecular flexibility index (Phi) is 11.5. The SMILES string of the molecule is N#Cc1ccc(-n2c3ccc(-c4ccccc4)cc3c3cc(-c4ccccc4)ccc32)cc1-c1cc(-c2ccc(C(F)(F)F)cc2C(F)(F)F)ccc1-n1c2ccc(-c3ccccc3)cc2c2cc(-c3ccccc3)ccc21. The van der Waals surface area contributed by atoms with E-state index in [9.17, 15) is 18.4 Å². The van der Waals surface area contributed by atoms with Crippen LogP contribution in [0.2, 0.25) is 0 Å². The Morgan fingerprint density at radius 2 is 0.718 bits per heavy atom. The van der Waals surface area contributed by atoms with Crippen molar-refractivity contribution in [3.05, 3.63) is 265 Å². The molecule has 0 N–H and O–H groups in total. The Bertz CT molecular complexity index is 4320. The lowest BCUT2D eigenvalue weighted by molar-refractivity contribution is -0.142. The van der Waals surface area contributed by atoms with E-state index in [1.165, 1.54) is 6.07 Å². The molecule has 374 valence electrons. The number of hydrogen-bond donors (Lipinski definition) is 0. The largest absolute Gasteiger partial charge is 0.417 e. The third-order valence-corrected chi connectivity index (χ3v) is 14.8. The molecule has 0 saturated heterocycles. The van der Waals surface area contributed by atoms with Crippen LogP contribution in [0.3, 0.4) is 0 Å². The second kappa shape index (κ2) is 18.7. The average molecular weight is 1030 g/mol. The highest BCUT2D eigenvalue weighted by molar-refractivity contribution is 6.13. The maximum atomic E-state index is 15.1. The maximum Gasteiger partial charge on any atom is 0.417 e. The van der Waals surface area contributed by atoms with E-state index in [4.69, 9.17) is 0 Å². The van der Waals surface area contributed by atoms with Gasteiger partial charge in [0.25, 0.3) is 0 Å². The molecule has 13 rings (SSSR count). The molecule has 0 aliphatic rings. The minimum atomic E-state index is -5.15. The zero-order valence-corrected chi connectivity index (χ0v) is 41.3. The van der Waals surface area contributed by atoms with Crippen molar-refractivity contribution >= 4 is 43.6 Å². The zero-order valence-electron chi connectivity index (χ0n) is 41.3. The molecule has 9 heteroatoms. The summed E-state index contributed by atoms with van der Waals surface area (Å²) in [4.78, 5) is 0. The zero-order chi connectivity index (χ0) is 53.3. The van der Waals surface area contributed by atoms with E-state index < -0.39 is 29.0 Å². The number of benzene rings is 11. The molecule has 13 aromatic rings. The van der Waals surface area contributed by atoms with E-state index in [2.05, 4.69) is 88.0 Å². The summed E-state index contributed by atoms with van der Waals surface area (Å²) in [5.74, 6) is 0. The fourth-order valence-electron chi connectivity index (χ4n) is 11.1. The molecule has 0 saturated carbocycles. The van der Waals surface area contributed by atoms with Gasteiger partial charge in [0.15, 0.2) is 0 Å². The Balaban J connectivity index is 1.10. The predicted octanol–water partition coefficient (Wildman–Crippen LogP) is 19.8. The topological polar surface area (TPSA) is 33.6 Å². The number of aromatic nitrogens is 2. The first-order valence-corrected chi connectivity index (χ1v) is 25.3. The summed E-state index contributed by atoms with van der Waals surface area (Å²) in [7, 11) is 0. The monoisotopic (exact) mass is 1030 g/mol. The van der Waals surface area contributed by atoms with Crippen LogP contribution in [0.15, 0.2) is 249 Å². The van der Waals surface area contributed by atoms with Crippen LogP contribution in [0.5, 0.6) is 0 Å². The summed E-state index contributed by atoms with van der Waals surface area (Å²) in [5.41, 5.74) is 10.4. The average Bonchev–Trinajstić information content (AvgIpc) is 4.12. The molecule has 0 amide bonds. The summed E-state index contributed by atoms with van der Waals surface area (Å²) >= 11 is 0. The van der Waals surface area contributed by atoms with Crippen LogP contribution in [0, 0.1) is 11.3 Å². The van der Waals surface area contributed by atoms with E-state index >= 15 is 13.2 Å². The number of nitriles is 1. The van der Waals surface area contributed by atoms with Crippen LogP contribution in [0.1, 0.15) is 16.7 Å². The smallest absolute Gasteiger partial charge is 0.309 e. The molecule has 2 heterocycles. The summed E-state index contributed by atoms with van der Waals surface area (Å²) in [6, 6.07) is 79.7. The van der Waals surface area contributed by atoms with Crippen molar-refractivity contribution in [2.75, 3.05) is 0 Å². The lowest BCUT2D eigenvalue weighted by atomic mass is 9.91. The van der Waals surface area contributed by atoms with E-state index in [1.54, 1.807) is 18.2 Å². The molecule has 0 spiro atoms. The molecule has 11 aromatic carbocycles. The molecule has 0 aliphatic heterocycles. The van der Waals surface area contributed by atoms with Gasteiger partial charge in [-0.25, -0.2) is 0 Å². The molecule has 2 aromatic heterocycles. The Hall–Kier alpha value is -9.91. The first-order chi connectivity index (χ1) is 37.9. The van der Waals surface area contributed by atoms with Gasteiger partial charge < -0.3 is 9.13 Å². The minimum Gasteiger partial charge on any atom is -0.309 e. The third kappa shape index (κ3) is 8.35. The van der Waals surface area contributed by atoms with Crippen LogP contribution < -0.4 is 0 Å². The van der Waals surface area contributed by atoms with Crippen molar-refractivity contribution < 1.29 is 26.3 Å². The van der Waals surface area contributed by atoms with Crippen molar-refractivity contribution in [1.29, 1.82) is 5.26 Å². The van der Waals surface area contributed by atoms with E-state index in [0.717, 1.165) is 94.2 Å². The molecule has 0 aliphatic carbocycles. The first-order valence-electron chi connectivity index (χ1n) is 25.3. The Labute approximate surface area is 444 Å². The van der Waals surface area contributed by atoms with Gasteiger partial charge in [0, 0.05) is 38.4 Å². The van der Waals surface area contributed by atoms with Gasteiger partial charge in [-0.2, -0.15) is 31.6 Å². The van der Waals surface area contributed by atoms with Gasteiger partial charge in [-0.15, -0.1) is 0 Å². The number of nitrogens with zero attached hydrogens (tertiary/aromatic N) is 3. The van der Waals surface area contributed by atoms with Crippen LogP contribution >= 0.6 is 0 Å². The molecular weight excluding hydrogens is 985 g/mol. The normalized spacial score (nSPS) is 12.0. The van der Waals surface area contributed by atoms with Gasteiger partial charge in [0.2, 0.25) is 0 Å². The van der Waals surface area contributed by atoms with Crippen molar-refractivity contribution in [1.82, 2.24) is 9.13 Å². The van der Waals surface area contributed by atoms with Crippen LogP contribution in [0.25, 0.3) is 122 Å². The standard InChI is InChI=1S/C69H41F6N3/c70-68(71,72)53-27-29-55(62(40-53)69(73,74)75)51-26-34-65(78-66-32-24-49(45-17-9-3-10-18-45)37-60(66)61-38-50(25-33-67(61)78)46-19-11-4-12-20-46)57(39-51)56-41-54(28-21-52(56)42-76)77-63-30-22-47(43-13-5-1-6-14-43)35-58(63)59-36-48(23-31-64(59)77)44-15-7-2-8-16-44/h1-41H. The minimum absolute atomic E-state index is 0.0151. The second-order valence-corrected chi connectivity index (χ2v) is 19.4. The van der Waals surface area contributed by atoms with Crippen molar-refractivity contribution in [3.8, 4) is 84.2 Å². The summed E-state index contributed by atoms with van der Waals surface area (Å²) < 4.78 is 91.8. The molecule has 0 bridgehead atoms. The second-order valence-electron chi connectivity index (χ2n) is 19.4. The fourth-order valence-corrected chi connectivity index (χ4v) is 11.1. The van der Waals surface area contributed by atoms with E-state index in [0.29, 0.717) is 28.6 Å². The molecule has 0 radical (unpaired) electrons. The van der Waals surface area contributed by atoms with E-state index in [1.807, 2.05) is 133 Å². The van der Waals surface area contributed by atoms with Gasteiger partial charge in [0.05, 0.1) is 50.5 Å². The van der Waals surface area contributed by atoms with Gasteiger partial charge in [-0.3, -0.25) is 0 Å². The molecule has 3 nitrogen and oxygen atoms in total. The van der Waals surface area contributed by atoms with Crippen molar-refractivity contribution in [2.45, 2.75) is 12.4 Å². The highest BCUT2D eigenvalue weighted by atomic mass is 19.4. The first kappa shape index (κ1) is 47.8. The molecular formula is C69H41F6N3. The lowest BCUT2D eigenvalue weighted by Crippen LogP contribution is -2.12. The quantitative estimate of drug-likeness (QED) is 0.140. The predicted molar refractivity (Wildman–Crippen MR) is 302 cm³/mol. The van der Waals surface area contributed by atoms with Crippen LogP contribution in [-0.4, -0.2) is 9.13 Å². The highest BCUT2D eigenvalue weighted by Gasteiger charge is 2.38. The third-order valence-electron chi connectivity index (χ3n) is 14.8. The van der Waals surface area contributed by atoms with Gasteiger partial charge >= 0.3 is 12.4 Å². The summed E-state index contributed by atoms with van der Waals surface area (Å²) in [6.07, 6.45) is -10.2. The number of alkyl halides is 6. The van der Waals surface area contributed by atoms with Gasteiger partial charge in [-0.1, -0.05) is 158 Å². The van der Waals surface area contributed by atoms with Crippen molar-refractivity contribution in [2.24, 2.45) is 0 Å². The van der Waals surface area contributed by atoms with Gasteiger partial charge in [-0.05, 0) is 147 Å². The Morgan fingerprint density at radius 1 is 0.308 bits per heavy atom. The summed E-state index contributed by atoms with van der Waals surface area (Å²) in [5, 5.41) is 14.9. The molecule has 78 heavy (non-hydrogen) atoms. The number of halogens is 6. The lowest BCUT2D eigenvalue weighted by Gasteiger charge is -2.20. The van der Waals surface area contributed by atoms with Crippen molar-refractivity contribution in [3.63, 3.8) is 0 Å². The fraction of sp³-hybridized carbons (Fsp3) is 0.0290. The molecule has 0 atom stereocenters. The van der Waals surface area contributed by atoms with Crippen LogP contribution in [-0.2, 0) is 12.4 Å². The van der Waals surface area contributed by atoms with Crippen LogP contribution in [0.4, 0.5) is 26.3 Å². The Morgan fingerprint density at radius 3 is 1.12 bits per heavy atom. The van der Waals surface area contributed by atoms with Gasteiger partial charge in [0.1, 0.15) is 0 Å². The number of rotatable bonds is 8. The molecule has 0 fully saturated rings. The number of fused-ring (bicyclic) bond motifs is 6. The highest BCUT2D eigenvalue weighted by Crippen LogP contribution is 2.46. The number of hydrogen-bond acceptors (Lipinski definition) is 1. The summed E-state index contributed by atoms with van der Waals surface area (Å²) in [6.45, 7) is 0. The van der Waals surface area contributed by atoms with E-state index in [-0.39, 0.29) is 17.2 Å². The molecule has 0 unspecified atom stereocenters. The maximum absolute atomic E-state index is 15.1.